The van der Waals surface area contributed by atoms with E-state index in [1.165, 1.54) is 0 Å². The molecule has 6 heteroatoms. The molecule has 1 heterocycles. The van der Waals surface area contributed by atoms with Crippen molar-refractivity contribution in [3.8, 4) is 0 Å². The maximum Gasteiger partial charge on any atom is 0.332 e. The molecule has 17 heavy (non-hydrogen) atoms. The highest BCUT2D eigenvalue weighted by Crippen LogP contribution is 2.20. The molecule has 1 aliphatic rings. The van der Waals surface area contributed by atoms with Crippen LogP contribution in [0.3, 0.4) is 0 Å². The van der Waals surface area contributed by atoms with Crippen LogP contribution in [0, 0.1) is 0 Å². The number of nitrogens with zero attached hydrogens (tertiary/aromatic N) is 1. The minimum absolute atomic E-state index is 0.0252. The Balaban J connectivity index is 2.26. The van der Waals surface area contributed by atoms with E-state index in [-0.39, 0.29) is 12.0 Å². The number of aliphatic carboxylic acids is 1. The summed E-state index contributed by atoms with van der Waals surface area (Å²) in [5.41, 5.74) is 0. The van der Waals surface area contributed by atoms with Gasteiger partial charge < -0.3 is 15.2 Å². The van der Waals surface area contributed by atoms with Crippen LogP contribution in [0.15, 0.2) is 0 Å². The van der Waals surface area contributed by atoms with E-state index < -0.39 is 12.1 Å². The highest BCUT2D eigenvalue weighted by molar-refractivity contribution is 5.77. The van der Waals surface area contributed by atoms with Crippen LogP contribution in [0.1, 0.15) is 19.8 Å². The predicted molar refractivity (Wildman–Crippen MR) is 61.7 cm³/mol. The summed E-state index contributed by atoms with van der Waals surface area (Å²) >= 11 is 0. The number of likely N-dealkylation sites (N-methyl/N-ethyl adjacent to an activating group) is 2. The van der Waals surface area contributed by atoms with Crippen molar-refractivity contribution in [2.24, 2.45) is 0 Å². The summed E-state index contributed by atoms with van der Waals surface area (Å²) in [4.78, 5) is 23.9. The third-order valence-electron chi connectivity index (χ3n) is 2.69. The van der Waals surface area contributed by atoms with E-state index >= 15 is 0 Å². The quantitative estimate of drug-likeness (QED) is 0.670. The van der Waals surface area contributed by atoms with Gasteiger partial charge in [0.25, 0.3) is 0 Å². The Labute approximate surface area is 101 Å². The van der Waals surface area contributed by atoms with Gasteiger partial charge in [0.1, 0.15) is 0 Å². The molecule has 0 bridgehead atoms. The summed E-state index contributed by atoms with van der Waals surface area (Å²) in [5.74, 6) is -0.929. The topological polar surface area (TPSA) is 78.9 Å². The Bertz CT molecular complexity index is 283. The van der Waals surface area contributed by atoms with Crippen LogP contribution < -0.4 is 5.32 Å². The number of carbonyl (C=O) groups excluding carboxylic acids is 1. The smallest absolute Gasteiger partial charge is 0.332 e. The molecule has 1 amide bonds. The normalized spacial score (nSPS) is 23.9. The number of hydrogen-bond donors (Lipinski definition) is 2. The lowest BCUT2D eigenvalue weighted by atomic mass is 10.2. The number of amides is 1. The zero-order valence-corrected chi connectivity index (χ0v) is 10.3. The van der Waals surface area contributed by atoms with Gasteiger partial charge in [-0.3, -0.25) is 9.69 Å². The van der Waals surface area contributed by atoms with Crippen molar-refractivity contribution in [3.63, 3.8) is 0 Å². The van der Waals surface area contributed by atoms with Crippen LogP contribution in [0.2, 0.25) is 0 Å². The van der Waals surface area contributed by atoms with Gasteiger partial charge in [0.05, 0.1) is 12.6 Å². The summed E-state index contributed by atoms with van der Waals surface area (Å²) in [7, 11) is 1.83. The SMILES string of the molecule is CCNC(=O)CN(C)CC1CCC(C(=O)O)O1. The van der Waals surface area contributed by atoms with Crippen LogP contribution in [0.5, 0.6) is 0 Å². The molecule has 2 atom stereocenters. The highest BCUT2D eigenvalue weighted by Gasteiger charge is 2.31. The fourth-order valence-electron chi connectivity index (χ4n) is 1.93. The summed E-state index contributed by atoms with van der Waals surface area (Å²) in [6, 6.07) is 0. The monoisotopic (exact) mass is 244 g/mol. The summed E-state index contributed by atoms with van der Waals surface area (Å²) in [6.07, 6.45) is 0.513. The van der Waals surface area contributed by atoms with Crippen molar-refractivity contribution in [2.45, 2.75) is 32.0 Å². The standard InChI is InChI=1S/C11H20N2O4/c1-3-12-10(14)7-13(2)6-8-4-5-9(17-8)11(15)16/h8-9H,3-7H2,1-2H3,(H,12,14)(H,15,16). The molecule has 1 saturated heterocycles. The van der Waals surface area contributed by atoms with Gasteiger partial charge in [-0.05, 0) is 26.8 Å². The average Bonchev–Trinajstić information content (AvgIpc) is 2.66. The van der Waals surface area contributed by atoms with Crippen molar-refractivity contribution in [1.82, 2.24) is 10.2 Å². The Morgan fingerprint density at radius 3 is 2.71 bits per heavy atom. The first-order valence-corrected chi connectivity index (χ1v) is 5.86. The lowest BCUT2D eigenvalue weighted by Gasteiger charge is -2.20. The van der Waals surface area contributed by atoms with Crippen LogP contribution in [0.25, 0.3) is 0 Å². The molecule has 2 N–H and O–H groups in total. The van der Waals surface area contributed by atoms with E-state index in [0.717, 1.165) is 6.42 Å². The van der Waals surface area contributed by atoms with Crippen molar-refractivity contribution in [1.29, 1.82) is 0 Å². The maximum absolute atomic E-state index is 11.3. The number of carboxylic acid groups (broad SMARTS) is 1. The zero-order valence-electron chi connectivity index (χ0n) is 10.3. The van der Waals surface area contributed by atoms with E-state index in [2.05, 4.69) is 5.32 Å². The van der Waals surface area contributed by atoms with Crippen LogP contribution in [0.4, 0.5) is 0 Å². The second-order valence-electron chi connectivity index (χ2n) is 4.31. The molecular formula is C11H20N2O4. The molecule has 1 fully saturated rings. The zero-order chi connectivity index (χ0) is 12.8. The van der Waals surface area contributed by atoms with Gasteiger partial charge >= 0.3 is 5.97 Å². The first kappa shape index (κ1) is 13.9. The van der Waals surface area contributed by atoms with Crippen molar-refractivity contribution < 1.29 is 19.4 Å². The molecule has 0 spiro atoms. The molecule has 0 aliphatic carbocycles. The molecule has 98 valence electrons. The van der Waals surface area contributed by atoms with E-state index in [4.69, 9.17) is 9.84 Å². The Morgan fingerprint density at radius 2 is 2.18 bits per heavy atom. The number of hydrogen-bond acceptors (Lipinski definition) is 4. The molecule has 0 aromatic carbocycles. The van der Waals surface area contributed by atoms with Gasteiger partial charge in [0, 0.05) is 13.1 Å². The van der Waals surface area contributed by atoms with Crippen molar-refractivity contribution in [3.05, 3.63) is 0 Å². The maximum atomic E-state index is 11.3. The molecule has 0 saturated carbocycles. The van der Waals surface area contributed by atoms with Crippen molar-refractivity contribution >= 4 is 11.9 Å². The van der Waals surface area contributed by atoms with Gasteiger partial charge in [0.2, 0.25) is 5.91 Å². The van der Waals surface area contributed by atoms with E-state index in [1.54, 1.807) is 0 Å². The lowest BCUT2D eigenvalue weighted by molar-refractivity contribution is -0.149. The lowest BCUT2D eigenvalue weighted by Crippen LogP contribution is -2.38. The van der Waals surface area contributed by atoms with Crippen LogP contribution in [-0.2, 0) is 14.3 Å². The molecular weight excluding hydrogens is 224 g/mol. The van der Waals surface area contributed by atoms with Gasteiger partial charge in [-0.15, -0.1) is 0 Å². The summed E-state index contributed by atoms with van der Waals surface area (Å²) < 4.78 is 5.36. The molecule has 0 radical (unpaired) electrons. The van der Waals surface area contributed by atoms with E-state index in [0.29, 0.717) is 26.1 Å². The number of carboxylic acids is 1. The number of nitrogens with one attached hydrogen (secondary N) is 1. The molecule has 0 aromatic heterocycles. The first-order chi connectivity index (χ1) is 8.02. The summed E-state index contributed by atoms with van der Waals surface area (Å²) in [6.45, 7) is 3.38. The Hall–Kier alpha value is -1.14. The fraction of sp³-hybridized carbons (Fsp3) is 0.818. The third kappa shape index (κ3) is 4.70. The first-order valence-electron chi connectivity index (χ1n) is 5.86. The molecule has 0 aromatic rings. The second kappa shape index (κ2) is 6.56. The van der Waals surface area contributed by atoms with Gasteiger partial charge in [0.15, 0.2) is 6.10 Å². The van der Waals surface area contributed by atoms with Crippen LogP contribution in [-0.4, -0.2) is 60.8 Å². The van der Waals surface area contributed by atoms with Gasteiger partial charge in [-0.1, -0.05) is 0 Å². The molecule has 6 nitrogen and oxygen atoms in total. The Morgan fingerprint density at radius 1 is 1.47 bits per heavy atom. The number of ether oxygens (including phenoxy) is 1. The summed E-state index contributed by atoms with van der Waals surface area (Å²) in [5, 5.41) is 11.5. The molecule has 2 unspecified atom stereocenters. The number of carbonyl (C=O) groups is 2. The fourth-order valence-corrected chi connectivity index (χ4v) is 1.93. The van der Waals surface area contributed by atoms with Crippen LogP contribution >= 0.6 is 0 Å². The van der Waals surface area contributed by atoms with Gasteiger partial charge in [-0.2, -0.15) is 0 Å². The number of rotatable bonds is 6. The average molecular weight is 244 g/mol. The predicted octanol–water partition coefficient (Wildman–Crippen LogP) is -0.313. The molecule has 1 rings (SSSR count). The molecule has 1 aliphatic heterocycles. The van der Waals surface area contributed by atoms with E-state index in [9.17, 15) is 9.59 Å². The third-order valence-corrected chi connectivity index (χ3v) is 2.69. The minimum Gasteiger partial charge on any atom is -0.479 e. The van der Waals surface area contributed by atoms with Gasteiger partial charge in [-0.25, -0.2) is 4.79 Å². The highest BCUT2D eigenvalue weighted by atomic mass is 16.5. The van der Waals surface area contributed by atoms with E-state index in [1.807, 2.05) is 18.9 Å². The Kier molecular flexibility index (Phi) is 5.37. The second-order valence-corrected chi connectivity index (χ2v) is 4.31. The van der Waals surface area contributed by atoms with Crippen molar-refractivity contribution in [2.75, 3.05) is 26.7 Å². The minimum atomic E-state index is -0.904. The largest absolute Gasteiger partial charge is 0.479 e.